The molecule has 0 spiro atoms. The van der Waals surface area contributed by atoms with E-state index in [0.29, 0.717) is 17.9 Å². The number of nitrogens with zero attached hydrogens (tertiary/aromatic N) is 3. The highest BCUT2D eigenvalue weighted by Gasteiger charge is 2.47. The van der Waals surface area contributed by atoms with Gasteiger partial charge in [-0.3, -0.25) is 9.69 Å². The molecule has 3 aromatic rings. The lowest BCUT2D eigenvalue weighted by atomic mass is 9.88. The SMILES string of the molecule is Cc1ccccc1[C@H]1[C@@H]2CN(C(=O)c3cccc4c3ccn4C)C[C@@H]2CN1C. The Morgan fingerprint density at radius 1 is 0.964 bits per heavy atom. The number of amides is 1. The summed E-state index contributed by atoms with van der Waals surface area (Å²) in [5, 5.41) is 1.06. The van der Waals surface area contributed by atoms with Gasteiger partial charge in [0.2, 0.25) is 0 Å². The van der Waals surface area contributed by atoms with Crippen LogP contribution in [0, 0.1) is 18.8 Å². The van der Waals surface area contributed by atoms with Gasteiger partial charge in [-0.2, -0.15) is 0 Å². The minimum Gasteiger partial charge on any atom is -0.351 e. The van der Waals surface area contributed by atoms with Crippen molar-refractivity contribution in [2.24, 2.45) is 18.9 Å². The maximum atomic E-state index is 13.4. The van der Waals surface area contributed by atoms with Crippen molar-refractivity contribution in [2.45, 2.75) is 13.0 Å². The summed E-state index contributed by atoms with van der Waals surface area (Å²) in [6.07, 6.45) is 2.03. The zero-order valence-electron chi connectivity index (χ0n) is 16.8. The Bertz CT molecular complexity index is 1050. The Morgan fingerprint density at radius 2 is 1.79 bits per heavy atom. The van der Waals surface area contributed by atoms with Crippen LogP contribution in [0.25, 0.3) is 10.9 Å². The summed E-state index contributed by atoms with van der Waals surface area (Å²) in [5.74, 6) is 1.23. The lowest BCUT2D eigenvalue weighted by molar-refractivity contribution is 0.0770. The predicted octanol–water partition coefficient (Wildman–Crippen LogP) is 3.86. The van der Waals surface area contributed by atoms with Gasteiger partial charge in [0.1, 0.15) is 0 Å². The van der Waals surface area contributed by atoms with E-state index in [2.05, 4.69) is 64.7 Å². The fourth-order valence-electron chi connectivity index (χ4n) is 5.47. The maximum absolute atomic E-state index is 13.4. The summed E-state index contributed by atoms with van der Waals surface area (Å²) in [6.45, 7) is 4.96. The van der Waals surface area contributed by atoms with Crippen LogP contribution in [-0.2, 0) is 7.05 Å². The number of fused-ring (bicyclic) bond motifs is 2. The Morgan fingerprint density at radius 3 is 2.61 bits per heavy atom. The number of carbonyl (C=O) groups is 1. The highest BCUT2D eigenvalue weighted by atomic mass is 16.2. The second-order valence-electron chi connectivity index (χ2n) is 8.54. The molecule has 144 valence electrons. The Kier molecular flexibility index (Phi) is 4.06. The van der Waals surface area contributed by atoms with E-state index < -0.39 is 0 Å². The molecule has 4 heteroatoms. The van der Waals surface area contributed by atoms with Crippen LogP contribution in [0.15, 0.2) is 54.7 Å². The zero-order chi connectivity index (χ0) is 19.4. The molecular weight excluding hydrogens is 346 g/mol. The van der Waals surface area contributed by atoms with Crippen molar-refractivity contribution in [3.8, 4) is 0 Å². The second kappa shape index (κ2) is 6.49. The largest absolute Gasteiger partial charge is 0.351 e. The molecule has 1 amide bonds. The Balaban J connectivity index is 1.44. The number of benzene rings is 2. The lowest BCUT2D eigenvalue weighted by Crippen LogP contribution is -2.33. The average molecular weight is 374 g/mol. The minimum absolute atomic E-state index is 0.178. The van der Waals surface area contributed by atoms with Crippen molar-refractivity contribution >= 4 is 16.8 Å². The summed E-state index contributed by atoms with van der Waals surface area (Å²) < 4.78 is 2.08. The van der Waals surface area contributed by atoms with Gasteiger partial charge >= 0.3 is 0 Å². The molecule has 0 bridgehead atoms. The van der Waals surface area contributed by atoms with Crippen molar-refractivity contribution in [3.63, 3.8) is 0 Å². The Labute approximate surface area is 166 Å². The number of aryl methyl sites for hydroxylation is 2. The standard InChI is InChI=1S/C24H27N3O/c1-16-7-4-5-8-18(16)23-21-15-27(14-17(21)13-26(23)3)24(28)20-9-6-10-22-19(20)11-12-25(22)2/h4-12,17,21,23H,13-15H2,1-3H3/t17-,21+,23-/m0/s1. The van der Waals surface area contributed by atoms with E-state index in [4.69, 9.17) is 0 Å². The number of hydrogen-bond acceptors (Lipinski definition) is 2. The number of likely N-dealkylation sites (tertiary alicyclic amines) is 2. The summed E-state index contributed by atoms with van der Waals surface area (Å²) in [7, 11) is 4.26. The van der Waals surface area contributed by atoms with Gasteiger partial charge in [-0.1, -0.05) is 30.3 Å². The average Bonchev–Trinajstić information content (AvgIpc) is 3.35. The van der Waals surface area contributed by atoms with Crippen LogP contribution in [0.3, 0.4) is 0 Å². The maximum Gasteiger partial charge on any atom is 0.254 e. The van der Waals surface area contributed by atoms with E-state index in [1.54, 1.807) is 0 Å². The molecule has 3 heterocycles. The lowest BCUT2D eigenvalue weighted by Gasteiger charge is -2.28. The number of rotatable bonds is 2. The highest BCUT2D eigenvalue weighted by molar-refractivity contribution is 6.06. The molecule has 3 atom stereocenters. The molecular formula is C24H27N3O. The quantitative estimate of drug-likeness (QED) is 0.682. The van der Waals surface area contributed by atoms with Gasteiger partial charge in [-0.05, 0) is 49.2 Å². The van der Waals surface area contributed by atoms with Gasteiger partial charge in [-0.15, -0.1) is 0 Å². The molecule has 2 fully saturated rings. The molecule has 1 aromatic heterocycles. The van der Waals surface area contributed by atoms with Crippen LogP contribution in [0.1, 0.15) is 27.5 Å². The molecule has 0 aliphatic carbocycles. The fourth-order valence-corrected chi connectivity index (χ4v) is 5.47. The predicted molar refractivity (Wildman–Crippen MR) is 112 cm³/mol. The van der Waals surface area contributed by atoms with Gasteiger partial charge < -0.3 is 9.47 Å². The summed E-state index contributed by atoms with van der Waals surface area (Å²) in [5.41, 5.74) is 4.71. The third-order valence-electron chi connectivity index (χ3n) is 6.85. The first-order chi connectivity index (χ1) is 13.5. The van der Waals surface area contributed by atoms with Gasteiger partial charge in [0.05, 0.1) is 0 Å². The van der Waals surface area contributed by atoms with E-state index in [1.165, 1.54) is 11.1 Å². The van der Waals surface area contributed by atoms with E-state index in [9.17, 15) is 4.79 Å². The van der Waals surface area contributed by atoms with E-state index >= 15 is 0 Å². The number of hydrogen-bond donors (Lipinski definition) is 0. The van der Waals surface area contributed by atoms with Crippen molar-refractivity contribution in [1.82, 2.24) is 14.4 Å². The van der Waals surface area contributed by atoms with Crippen molar-refractivity contribution < 1.29 is 4.79 Å². The highest BCUT2D eigenvalue weighted by Crippen LogP contribution is 2.45. The van der Waals surface area contributed by atoms with Crippen molar-refractivity contribution in [1.29, 1.82) is 0 Å². The molecule has 2 aliphatic rings. The summed E-state index contributed by atoms with van der Waals surface area (Å²) >= 11 is 0. The first-order valence-electron chi connectivity index (χ1n) is 10.1. The van der Waals surface area contributed by atoms with Gasteiger partial charge in [0.25, 0.3) is 5.91 Å². The third-order valence-corrected chi connectivity index (χ3v) is 6.85. The van der Waals surface area contributed by atoms with Crippen molar-refractivity contribution in [3.05, 3.63) is 71.4 Å². The minimum atomic E-state index is 0.178. The van der Waals surface area contributed by atoms with Gasteiger partial charge in [0.15, 0.2) is 0 Å². The molecule has 28 heavy (non-hydrogen) atoms. The van der Waals surface area contributed by atoms with Gasteiger partial charge in [-0.25, -0.2) is 0 Å². The van der Waals surface area contributed by atoms with Crippen LogP contribution in [0.4, 0.5) is 0 Å². The molecule has 5 rings (SSSR count). The van der Waals surface area contributed by atoms with Crippen LogP contribution in [0.5, 0.6) is 0 Å². The van der Waals surface area contributed by atoms with Crippen LogP contribution in [-0.4, -0.2) is 47.0 Å². The van der Waals surface area contributed by atoms with E-state index in [1.807, 2.05) is 25.4 Å². The third kappa shape index (κ3) is 2.59. The zero-order valence-corrected chi connectivity index (χ0v) is 16.8. The first kappa shape index (κ1) is 17.5. The monoisotopic (exact) mass is 373 g/mol. The smallest absolute Gasteiger partial charge is 0.254 e. The summed E-state index contributed by atoms with van der Waals surface area (Å²) in [6, 6.07) is 17.2. The van der Waals surface area contributed by atoms with Crippen molar-refractivity contribution in [2.75, 3.05) is 26.7 Å². The van der Waals surface area contributed by atoms with E-state index in [-0.39, 0.29) is 5.91 Å². The van der Waals surface area contributed by atoms with Crippen LogP contribution < -0.4 is 0 Å². The first-order valence-corrected chi connectivity index (χ1v) is 10.1. The topological polar surface area (TPSA) is 28.5 Å². The molecule has 4 nitrogen and oxygen atoms in total. The van der Waals surface area contributed by atoms with Crippen LogP contribution in [0.2, 0.25) is 0 Å². The normalized spacial score (nSPS) is 24.8. The number of aromatic nitrogens is 1. The molecule has 2 aliphatic heterocycles. The summed E-state index contributed by atoms with van der Waals surface area (Å²) in [4.78, 5) is 18.0. The van der Waals surface area contributed by atoms with Crippen LogP contribution >= 0.6 is 0 Å². The molecule has 2 aromatic carbocycles. The molecule has 0 saturated carbocycles. The fraction of sp³-hybridized carbons (Fsp3) is 0.375. The second-order valence-corrected chi connectivity index (χ2v) is 8.54. The molecule has 0 N–H and O–H groups in total. The van der Waals surface area contributed by atoms with Gasteiger partial charge in [0, 0.05) is 61.3 Å². The Hall–Kier alpha value is -2.59. The molecule has 0 radical (unpaired) electrons. The van der Waals surface area contributed by atoms with E-state index in [0.717, 1.165) is 36.1 Å². The molecule has 2 saturated heterocycles. The number of carbonyl (C=O) groups excluding carboxylic acids is 1. The molecule has 0 unspecified atom stereocenters.